The number of halogens is 3. The third-order valence-electron chi connectivity index (χ3n) is 7.57. The fraction of sp³-hybridized carbons (Fsp3) is 0.393. The number of hydrogen-bond donors (Lipinski definition) is 3. The van der Waals surface area contributed by atoms with Crippen molar-refractivity contribution in [2.45, 2.75) is 25.1 Å². The van der Waals surface area contributed by atoms with Crippen molar-refractivity contribution in [3.05, 3.63) is 53.7 Å². The van der Waals surface area contributed by atoms with Crippen molar-refractivity contribution in [3.63, 3.8) is 0 Å². The number of fused-ring (bicyclic) bond motifs is 2. The fourth-order valence-electron chi connectivity index (χ4n) is 5.48. The molecule has 2 fully saturated rings. The number of benzene rings is 2. The molecule has 4 heterocycles. The Labute approximate surface area is 234 Å². The highest BCUT2D eigenvalue weighted by Gasteiger charge is 2.38. The number of carbonyl (C=O) groups is 1. The molecule has 6 rings (SSSR count). The predicted octanol–water partition coefficient (Wildman–Crippen LogP) is 4.40. The molecule has 216 valence electrons. The molecular weight excluding hydrogens is 539 g/mol. The summed E-state index contributed by atoms with van der Waals surface area (Å²) >= 11 is 0. The number of anilines is 5. The first-order chi connectivity index (χ1) is 19.8. The predicted molar refractivity (Wildman–Crippen MR) is 148 cm³/mol. The number of alkyl halides is 3. The molecule has 0 aliphatic carbocycles. The zero-order valence-electron chi connectivity index (χ0n) is 22.4. The third kappa shape index (κ3) is 5.41. The number of piperazine rings is 1. The number of amides is 1. The Bertz CT molecular complexity index is 1450. The second-order valence-corrected chi connectivity index (χ2v) is 10.1. The molecule has 3 aliphatic rings. The van der Waals surface area contributed by atoms with Gasteiger partial charge in [0.05, 0.1) is 24.5 Å². The molecule has 41 heavy (non-hydrogen) atoms. The molecule has 13 heteroatoms. The highest BCUT2D eigenvalue weighted by molar-refractivity contribution is 6.03. The minimum atomic E-state index is -4.74. The lowest BCUT2D eigenvalue weighted by atomic mass is 10.1. The topological polar surface area (TPSA) is 104 Å². The van der Waals surface area contributed by atoms with Crippen molar-refractivity contribution in [3.8, 4) is 11.5 Å². The summed E-state index contributed by atoms with van der Waals surface area (Å²) in [6.07, 6.45) is -2.35. The Balaban J connectivity index is 1.32. The van der Waals surface area contributed by atoms with Crippen molar-refractivity contribution in [2.24, 2.45) is 0 Å². The third-order valence-corrected chi connectivity index (χ3v) is 7.57. The van der Waals surface area contributed by atoms with Gasteiger partial charge in [0.1, 0.15) is 35.1 Å². The number of nitrogens with zero attached hydrogens (tertiary/aromatic N) is 4. The maximum atomic E-state index is 14.0. The van der Waals surface area contributed by atoms with Crippen LogP contribution in [0.1, 0.15) is 28.8 Å². The molecule has 3 aliphatic heterocycles. The Morgan fingerprint density at radius 2 is 1.93 bits per heavy atom. The molecule has 3 N–H and O–H groups in total. The van der Waals surface area contributed by atoms with E-state index in [2.05, 4.69) is 30.8 Å². The van der Waals surface area contributed by atoms with Gasteiger partial charge in [0, 0.05) is 50.7 Å². The van der Waals surface area contributed by atoms with E-state index in [1.807, 2.05) is 12.1 Å². The Morgan fingerprint density at radius 3 is 2.71 bits per heavy atom. The summed E-state index contributed by atoms with van der Waals surface area (Å²) in [6, 6.07) is 10.3. The van der Waals surface area contributed by atoms with Crippen LogP contribution in [-0.4, -0.2) is 73.3 Å². The normalized spacial score (nSPS) is 18.7. The molecule has 1 amide bonds. The standard InChI is InChI=1S/C28H30F3N7O3/c1-40-23-14-17(37-12-9-32-10-13-37)7-8-20(23)35-27-33-15-19(28(29,30)31)25(36-27)34-21-5-2-6-22-24(21)26(39)38-11-3-4-18(38)16-41-22/h2,5-8,14-15,18,32H,3-4,9-13,16H2,1H3,(H2,33,34,35,36). The zero-order chi connectivity index (χ0) is 28.6. The van der Waals surface area contributed by atoms with E-state index in [1.54, 1.807) is 29.2 Å². The summed E-state index contributed by atoms with van der Waals surface area (Å²) in [5.74, 6) is -0.0221. The van der Waals surface area contributed by atoms with Gasteiger partial charge in [-0.05, 0) is 37.1 Å². The molecule has 0 spiro atoms. The molecule has 0 radical (unpaired) electrons. The van der Waals surface area contributed by atoms with E-state index in [0.717, 1.165) is 50.9 Å². The Kier molecular flexibility index (Phi) is 7.20. The Hall–Kier alpha value is -4.26. The molecule has 1 aromatic heterocycles. The van der Waals surface area contributed by atoms with Crippen LogP contribution in [0.3, 0.4) is 0 Å². The molecule has 1 atom stereocenters. The van der Waals surface area contributed by atoms with Crippen LogP contribution >= 0.6 is 0 Å². The second kappa shape index (κ2) is 11.0. The molecule has 2 saturated heterocycles. The van der Waals surface area contributed by atoms with Gasteiger partial charge in [0.2, 0.25) is 5.95 Å². The fourth-order valence-corrected chi connectivity index (χ4v) is 5.48. The van der Waals surface area contributed by atoms with E-state index in [-0.39, 0.29) is 29.1 Å². The quantitative estimate of drug-likeness (QED) is 0.399. The van der Waals surface area contributed by atoms with Crippen molar-refractivity contribution >= 4 is 34.7 Å². The monoisotopic (exact) mass is 569 g/mol. The van der Waals surface area contributed by atoms with Gasteiger partial charge < -0.3 is 35.2 Å². The van der Waals surface area contributed by atoms with E-state index < -0.39 is 17.6 Å². The average molecular weight is 570 g/mol. The first-order valence-corrected chi connectivity index (χ1v) is 13.5. The lowest BCUT2D eigenvalue weighted by molar-refractivity contribution is -0.137. The molecule has 0 bridgehead atoms. The summed E-state index contributed by atoms with van der Waals surface area (Å²) in [5.41, 5.74) is 0.759. The number of methoxy groups -OCH3 is 1. The number of aromatic nitrogens is 2. The number of rotatable bonds is 6. The minimum absolute atomic E-state index is 0.0590. The summed E-state index contributed by atoms with van der Waals surface area (Å²) in [5, 5.41) is 9.07. The highest BCUT2D eigenvalue weighted by Crippen LogP contribution is 2.39. The second-order valence-electron chi connectivity index (χ2n) is 10.1. The lowest BCUT2D eigenvalue weighted by Crippen LogP contribution is -2.43. The van der Waals surface area contributed by atoms with Crippen LogP contribution in [0, 0.1) is 0 Å². The van der Waals surface area contributed by atoms with E-state index in [4.69, 9.17) is 9.47 Å². The van der Waals surface area contributed by atoms with Crippen LogP contribution in [0.4, 0.5) is 42.0 Å². The molecule has 2 aromatic carbocycles. The van der Waals surface area contributed by atoms with Crippen LogP contribution in [0.15, 0.2) is 42.6 Å². The Morgan fingerprint density at radius 1 is 1.10 bits per heavy atom. The van der Waals surface area contributed by atoms with E-state index in [9.17, 15) is 18.0 Å². The van der Waals surface area contributed by atoms with Crippen LogP contribution in [-0.2, 0) is 6.18 Å². The van der Waals surface area contributed by atoms with Crippen molar-refractivity contribution in [1.29, 1.82) is 0 Å². The van der Waals surface area contributed by atoms with Crippen LogP contribution < -0.4 is 30.3 Å². The van der Waals surface area contributed by atoms with Gasteiger partial charge in [-0.15, -0.1) is 0 Å². The number of carbonyl (C=O) groups excluding carboxylic acids is 1. The smallest absolute Gasteiger partial charge is 0.421 e. The van der Waals surface area contributed by atoms with Crippen molar-refractivity contribution in [2.75, 3.05) is 62.0 Å². The van der Waals surface area contributed by atoms with Gasteiger partial charge in [-0.1, -0.05) is 6.07 Å². The summed E-state index contributed by atoms with van der Waals surface area (Å²) in [6.45, 7) is 4.36. The van der Waals surface area contributed by atoms with Gasteiger partial charge in [0.15, 0.2) is 0 Å². The van der Waals surface area contributed by atoms with Crippen molar-refractivity contribution in [1.82, 2.24) is 20.2 Å². The number of nitrogens with one attached hydrogen (secondary N) is 3. The average Bonchev–Trinajstić information content (AvgIpc) is 3.40. The van der Waals surface area contributed by atoms with Gasteiger partial charge in [0.25, 0.3) is 5.91 Å². The maximum absolute atomic E-state index is 14.0. The highest BCUT2D eigenvalue weighted by atomic mass is 19.4. The summed E-state index contributed by atoms with van der Waals surface area (Å²) in [4.78, 5) is 25.5. The zero-order valence-corrected chi connectivity index (χ0v) is 22.4. The molecule has 0 saturated carbocycles. The number of hydrogen-bond acceptors (Lipinski definition) is 9. The number of ether oxygens (including phenoxy) is 2. The summed E-state index contributed by atoms with van der Waals surface area (Å²) in [7, 11) is 1.52. The van der Waals surface area contributed by atoms with Crippen molar-refractivity contribution < 1.29 is 27.4 Å². The summed E-state index contributed by atoms with van der Waals surface area (Å²) < 4.78 is 53.6. The molecule has 10 nitrogen and oxygen atoms in total. The van der Waals surface area contributed by atoms with Gasteiger partial charge in [-0.2, -0.15) is 18.2 Å². The molecule has 1 unspecified atom stereocenters. The largest absolute Gasteiger partial charge is 0.494 e. The van der Waals surface area contributed by atoms with Gasteiger partial charge in [-0.25, -0.2) is 4.98 Å². The van der Waals surface area contributed by atoms with Gasteiger partial charge in [-0.3, -0.25) is 4.79 Å². The first kappa shape index (κ1) is 26.9. The van der Waals surface area contributed by atoms with Crippen LogP contribution in [0.2, 0.25) is 0 Å². The SMILES string of the molecule is COc1cc(N2CCNCC2)ccc1Nc1ncc(C(F)(F)F)c(Nc2cccc3c2C(=O)N2CCCC2CO3)n1. The molecule has 3 aromatic rings. The van der Waals surface area contributed by atoms with Crippen LogP contribution in [0.25, 0.3) is 0 Å². The van der Waals surface area contributed by atoms with E-state index in [1.165, 1.54) is 7.11 Å². The maximum Gasteiger partial charge on any atom is 0.421 e. The van der Waals surface area contributed by atoms with E-state index in [0.29, 0.717) is 30.3 Å². The minimum Gasteiger partial charge on any atom is -0.494 e. The first-order valence-electron chi connectivity index (χ1n) is 13.5. The van der Waals surface area contributed by atoms with Gasteiger partial charge >= 0.3 is 6.18 Å². The lowest BCUT2D eigenvalue weighted by Gasteiger charge is -2.30. The van der Waals surface area contributed by atoms with E-state index >= 15 is 0 Å². The molecular formula is C28H30F3N7O3. The van der Waals surface area contributed by atoms with Crippen LogP contribution in [0.5, 0.6) is 11.5 Å².